The van der Waals surface area contributed by atoms with E-state index in [1.807, 2.05) is 6.92 Å². The Morgan fingerprint density at radius 3 is 2.58 bits per heavy atom. The zero-order valence-corrected chi connectivity index (χ0v) is 12.2. The molecule has 0 heterocycles. The van der Waals surface area contributed by atoms with Crippen LogP contribution in [0.3, 0.4) is 0 Å². The molecule has 0 saturated heterocycles. The molecule has 0 fully saturated rings. The van der Waals surface area contributed by atoms with Crippen LogP contribution in [-0.4, -0.2) is 20.5 Å². The fraction of sp³-hybridized carbons (Fsp3) is 0.462. The summed E-state index contributed by atoms with van der Waals surface area (Å²) in [6.45, 7) is 5.52. The molecule has 6 heteroatoms. The molecule has 19 heavy (non-hydrogen) atoms. The molecular formula is C13H19NO4S. The van der Waals surface area contributed by atoms with Gasteiger partial charge >= 0.3 is 5.97 Å². The number of sulfonamides is 1. The smallest absolute Gasteiger partial charge is 0.338 e. The fourth-order valence-corrected chi connectivity index (χ4v) is 2.25. The largest absolute Gasteiger partial charge is 0.459 e. The van der Waals surface area contributed by atoms with E-state index in [0.29, 0.717) is 5.56 Å². The van der Waals surface area contributed by atoms with E-state index in [2.05, 4.69) is 0 Å². The minimum atomic E-state index is -3.82. The molecule has 2 N–H and O–H groups in total. The molecule has 1 aromatic rings. The number of nitrogens with two attached hydrogens (primary N) is 1. The Balaban J connectivity index is 3.03. The number of hydrogen-bond donors (Lipinski definition) is 1. The van der Waals surface area contributed by atoms with Crippen LogP contribution in [0.1, 0.15) is 42.6 Å². The maximum atomic E-state index is 12.0. The van der Waals surface area contributed by atoms with Gasteiger partial charge in [0.2, 0.25) is 10.0 Å². The number of esters is 1. The van der Waals surface area contributed by atoms with E-state index in [4.69, 9.17) is 9.88 Å². The topological polar surface area (TPSA) is 86.5 Å². The minimum absolute atomic E-state index is 0.0896. The molecule has 1 atom stereocenters. The Morgan fingerprint density at radius 2 is 2.05 bits per heavy atom. The summed E-state index contributed by atoms with van der Waals surface area (Å²) in [5.41, 5.74) is 0.885. The summed E-state index contributed by atoms with van der Waals surface area (Å²) in [7, 11) is -3.82. The molecule has 0 aromatic heterocycles. The van der Waals surface area contributed by atoms with E-state index in [-0.39, 0.29) is 16.6 Å². The van der Waals surface area contributed by atoms with Gasteiger partial charge in [0.25, 0.3) is 0 Å². The molecule has 0 radical (unpaired) electrons. The van der Waals surface area contributed by atoms with Gasteiger partial charge in [-0.2, -0.15) is 0 Å². The average molecular weight is 285 g/mol. The van der Waals surface area contributed by atoms with Gasteiger partial charge in [0.15, 0.2) is 0 Å². The Labute approximate surface area is 113 Å². The highest BCUT2D eigenvalue weighted by Gasteiger charge is 2.17. The van der Waals surface area contributed by atoms with Crippen molar-refractivity contribution in [1.29, 1.82) is 0 Å². The van der Waals surface area contributed by atoms with Crippen LogP contribution in [0.2, 0.25) is 0 Å². The van der Waals surface area contributed by atoms with Crippen molar-refractivity contribution in [2.45, 2.75) is 44.6 Å². The van der Waals surface area contributed by atoms with E-state index in [1.165, 1.54) is 12.1 Å². The predicted octanol–water partition coefficient (Wildman–Crippen LogP) is 1.99. The number of carbonyl (C=O) groups excluding carboxylic acids is 1. The first-order valence-corrected chi connectivity index (χ1v) is 7.64. The zero-order valence-electron chi connectivity index (χ0n) is 11.3. The highest BCUT2D eigenvalue weighted by atomic mass is 32.2. The highest BCUT2D eigenvalue weighted by molar-refractivity contribution is 7.89. The molecule has 106 valence electrons. The van der Waals surface area contributed by atoms with Gasteiger partial charge in [-0.15, -0.1) is 0 Å². The zero-order chi connectivity index (χ0) is 14.6. The van der Waals surface area contributed by atoms with Gasteiger partial charge in [0.05, 0.1) is 16.6 Å². The van der Waals surface area contributed by atoms with Crippen molar-refractivity contribution in [3.63, 3.8) is 0 Å². The van der Waals surface area contributed by atoms with Crippen molar-refractivity contribution < 1.29 is 17.9 Å². The average Bonchev–Trinajstić information content (AvgIpc) is 2.27. The lowest BCUT2D eigenvalue weighted by Gasteiger charge is -2.13. The summed E-state index contributed by atoms with van der Waals surface area (Å²) >= 11 is 0. The van der Waals surface area contributed by atoms with E-state index in [9.17, 15) is 13.2 Å². The summed E-state index contributed by atoms with van der Waals surface area (Å²) in [6.07, 6.45) is 1.47. The molecule has 0 bridgehead atoms. The Bertz CT molecular complexity index is 566. The molecule has 0 saturated carbocycles. The van der Waals surface area contributed by atoms with E-state index in [0.717, 1.165) is 12.8 Å². The van der Waals surface area contributed by atoms with Crippen molar-refractivity contribution in [2.75, 3.05) is 0 Å². The number of carbonyl (C=O) groups is 1. The summed E-state index contributed by atoms with van der Waals surface area (Å²) < 4.78 is 27.8. The van der Waals surface area contributed by atoms with Gasteiger partial charge < -0.3 is 4.74 Å². The van der Waals surface area contributed by atoms with Gasteiger partial charge in [-0.05, 0) is 38.0 Å². The molecule has 1 unspecified atom stereocenters. The quantitative estimate of drug-likeness (QED) is 0.838. The third-order valence-corrected chi connectivity index (χ3v) is 3.67. The Hall–Kier alpha value is -1.40. The number of rotatable bonds is 5. The number of ether oxygens (including phenoxy) is 1. The second kappa shape index (κ2) is 6.16. The molecule has 1 aromatic carbocycles. The van der Waals surface area contributed by atoms with Crippen molar-refractivity contribution in [3.05, 3.63) is 29.3 Å². The predicted molar refractivity (Wildman–Crippen MR) is 72.3 cm³/mol. The van der Waals surface area contributed by atoms with E-state index >= 15 is 0 Å². The normalized spacial score (nSPS) is 13.1. The molecule has 0 aliphatic rings. The summed E-state index contributed by atoms with van der Waals surface area (Å²) in [4.78, 5) is 11.9. The van der Waals surface area contributed by atoms with Crippen molar-refractivity contribution in [1.82, 2.24) is 0 Å². The van der Waals surface area contributed by atoms with Crippen LogP contribution in [-0.2, 0) is 14.8 Å². The van der Waals surface area contributed by atoms with Gasteiger partial charge in [0, 0.05) is 0 Å². The highest BCUT2D eigenvalue weighted by Crippen LogP contribution is 2.17. The third kappa shape index (κ3) is 4.33. The first kappa shape index (κ1) is 15.7. The van der Waals surface area contributed by atoms with Gasteiger partial charge in [-0.1, -0.05) is 19.4 Å². The van der Waals surface area contributed by atoms with E-state index < -0.39 is 16.0 Å². The molecule has 0 aliphatic heterocycles. The number of hydrogen-bond acceptors (Lipinski definition) is 4. The van der Waals surface area contributed by atoms with Crippen LogP contribution in [0.5, 0.6) is 0 Å². The maximum absolute atomic E-state index is 12.0. The Morgan fingerprint density at radius 1 is 1.42 bits per heavy atom. The van der Waals surface area contributed by atoms with Crippen molar-refractivity contribution in [2.24, 2.45) is 5.14 Å². The van der Waals surface area contributed by atoms with Gasteiger partial charge in [-0.25, -0.2) is 18.4 Å². The first-order chi connectivity index (χ1) is 8.75. The lowest BCUT2D eigenvalue weighted by molar-refractivity contribution is 0.0322. The van der Waals surface area contributed by atoms with Crippen LogP contribution in [0.4, 0.5) is 0 Å². The number of benzene rings is 1. The minimum Gasteiger partial charge on any atom is -0.459 e. The summed E-state index contributed by atoms with van der Waals surface area (Å²) in [5.74, 6) is -0.524. The van der Waals surface area contributed by atoms with Gasteiger partial charge in [0.1, 0.15) is 0 Å². The molecule has 5 nitrogen and oxygen atoms in total. The second-order valence-electron chi connectivity index (χ2n) is 4.53. The first-order valence-electron chi connectivity index (χ1n) is 6.10. The molecule has 1 rings (SSSR count). The lowest BCUT2D eigenvalue weighted by Crippen LogP contribution is -2.17. The summed E-state index contributed by atoms with van der Waals surface area (Å²) in [6, 6.07) is 4.17. The van der Waals surface area contributed by atoms with Crippen LogP contribution >= 0.6 is 0 Å². The second-order valence-corrected chi connectivity index (χ2v) is 6.09. The molecular weight excluding hydrogens is 266 g/mol. The number of primary sulfonamides is 1. The standard InChI is InChI=1S/C13H19NO4S/c1-4-5-10(3)18-13(15)12-8-11(19(14,16)17)7-6-9(12)2/h6-8,10H,4-5H2,1-3H3,(H2,14,16,17). The van der Waals surface area contributed by atoms with Crippen LogP contribution in [0.25, 0.3) is 0 Å². The van der Waals surface area contributed by atoms with Crippen molar-refractivity contribution >= 4 is 16.0 Å². The maximum Gasteiger partial charge on any atom is 0.338 e. The van der Waals surface area contributed by atoms with E-state index in [1.54, 1.807) is 19.9 Å². The fourth-order valence-electron chi connectivity index (χ4n) is 1.71. The monoisotopic (exact) mass is 285 g/mol. The van der Waals surface area contributed by atoms with Crippen molar-refractivity contribution in [3.8, 4) is 0 Å². The lowest BCUT2D eigenvalue weighted by atomic mass is 10.1. The van der Waals surface area contributed by atoms with Crippen LogP contribution in [0.15, 0.2) is 23.1 Å². The third-order valence-electron chi connectivity index (χ3n) is 2.76. The van der Waals surface area contributed by atoms with Crippen LogP contribution < -0.4 is 5.14 Å². The molecule has 0 amide bonds. The SMILES string of the molecule is CCCC(C)OC(=O)c1cc(S(N)(=O)=O)ccc1C. The molecule has 0 spiro atoms. The Kier molecular flexibility index (Phi) is 5.08. The summed E-state index contributed by atoms with van der Waals surface area (Å²) in [5, 5.41) is 5.04. The van der Waals surface area contributed by atoms with Crippen LogP contribution in [0, 0.1) is 6.92 Å². The van der Waals surface area contributed by atoms with Gasteiger partial charge in [-0.3, -0.25) is 0 Å². The number of aryl methyl sites for hydroxylation is 1. The molecule has 0 aliphatic carbocycles.